The fourth-order valence-corrected chi connectivity index (χ4v) is 13.4. The number of rotatable bonds is 7. The first kappa shape index (κ1) is 24.9. The number of fused-ring (bicyclic) bond motifs is 1. The van der Waals surface area contributed by atoms with E-state index in [1.54, 1.807) is 6.07 Å². The van der Waals surface area contributed by atoms with Crippen LogP contribution in [0.25, 0.3) is 11.0 Å². The van der Waals surface area contributed by atoms with Crippen molar-refractivity contribution in [1.82, 2.24) is 9.22 Å². The Hall–Kier alpha value is -2.21. The second-order valence-corrected chi connectivity index (χ2v) is 16.7. The minimum Gasteiger partial charge on any atom is -0.358 e. The van der Waals surface area contributed by atoms with Gasteiger partial charge in [0.1, 0.15) is 11.5 Å². The highest BCUT2D eigenvalue weighted by Gasteiger charge is 2.46. The fraction of sp³-hybridized carbons (Fsp3) is 0.536. The number of hydrogen-bond donors (Lipinski definition) is 1. The zero-order valence-electron chi connectivity index (χ0n) is 21.5. The average Bonchev–Trinajstić information content (AvgIpc) is 3.15. The van der Waals surface area contributed by atoms with Gasteiger partial charge in [-0.05, 0) is 65.2 Å². The Morgan fingerprint density at radius 3 is 2.12 bits per heavy atom. The van der Waals surface area contributed by atoms with Crippen LogP contribution in [0.5, 0.6) is 0 Å². The molecule has 1 aliphatic rings. The molecule has 0 saturated heterocycles. The molecule has 1 fully saturated rings. The molecule has 3 aromatic rings. The Morgan fingerprint density at radius 1 is 0.882 bits per heavy atom. The van der Waals surface area contributed by atoms with Crippen molar-refractivity contribution >= 4 is 30.8 Å². The standard InChI is InChI=1S/C28H39F2N3Si/c1-18(2)34(19(3)4,20(5)6)33-17-24(21-10-8-7-9-11-21)23-13-15-27(32-28(23)33)31-22-12-14-25(29)26(30)16-22/h12-21H,7-11H2,1-6H3,(H,31,32). The Morgan fingerprint density at radius 2 is 1.53 bits per heavy atom. The summed E-state index contributed by atoms with van der Waals surface area (Å²) in [4.78, 5) is 5.12. The highest BCUT2D eigenvalue weighted by Crippen LogP contribution is 2.46. The molecule has 34 heavy (non-hydrogen) atoms. The van der Waals surface area contributed by atoms with Gasteiger partial charge in [-0.15, -0.1) is 0 Å². The number of benzene rings is 1. The number of halogens is 2. The van der Waals surface area contributed by atoms with Crippen LogP contribution in [0.1, 0.15) is 85.1 Å². The van der Waals surface area contributed by atoms with E-state index in [9.17, 15) is 8.78 Å². The summed E-state index contributed by atoms with van der Waals surface area (Å²) in [5.74, 6) is -0.462. The Bertz CT molecular complexity index is 1120. The minimum absolute atomic E-state index is 0.497. The third kappa shape index (κ3) is 4.30. The molecule has 2 heterocycles. The van der Waals surface area contributed by atoms with Crippen molar-refractivity contribution in [2.24, 2.45) is 0 Å². The lowest BCUT2D eigenvalue weighted by molar-refractivity contribution is 0.445. The van der Waals surface area contributed by atoms with Crippen molar-refractivity contribution < 1.29 is 8.78 Å². The molecule has 0 radical (unpaired) electrons. The summed E-state index contributed by atoms with van der Waals surface area (Å²) in [5.41, 5.74) is 4.62. The smallest absolute Gasteiger partial charge is 0.171 e. The third-order valence-electron chi connectivity index (χ3n) is 8.11. The van der Waals surface area contributed by atoms with Gasteiger partial charge in [-0.1, -0.05) is 60.8 Å². The predicted molar refractivity (Wildman–Crippen MR) is 142 cm³/mol. The number of hydrogen-bond acceptors (Lipinski definition) is 2. The van der Waals surface area contributed by atoms with Crippen molar-refractivity contribution in [3.05, 3.63) is 53.7 Å². The maximum absolute atomic E-state index is 13.8. The van der Waals surface area contributed by atoms with Gasteiger partial charge in [-0.3, -0.25) is 0 Å². The van der Waals surface area contributed by atoms with Crippen LogP contribution in [0.4, 0.5) is 20.3 Å². The molecule has 1 aliphatic carbocycles. The molecule has 4 rings (SSSR count). The average molecular weight is 484 g/mol. The van der Waals surface area contributed by atoms with Crippen LogP contribution >= 0.6 is 0 Å². The van der Waals surface area contributed by atoms with Crippen LogP contribution in [0.2, 0.25) is 16.6 Å². The number of nitrogens with one attached hydrogen (secondary N) is 1. The molecule has 0 bridgehead atoms. The molecule has 1 saturated carbocycles. The van der Waals surface area contributed by atoms with Gasteiger partial charge in [-0.2, -0.15) is 0 Å². The maximum Gasteiger partial charge on any atom is 0.171 e. The molecule has 2 aromatic heterocycles. The van der Waals surface area contributed by atoms with E-state index in [1.807, 2.05) is 6.07 Å². The SMILES string of the molecule is CC(C)[Si](C(C)C)(C(C)C)n1cc(C2CCCCC2)c2ccc(Nc3ccc(F)c(F)c3)nc21. The van der Waals surface area contributed by atoms with Crippen LogP contribution in [0.3, 0.4) is 0 Å². The maximum atomic E-state index is 13.8. The Labute approximate surface area is 204 Å². The normalized spacial score (nSPS) is 15.7. The Kier molecular flexibility index (Phi) is 7.18. The minimum atomic E-state index is -2.03. The Balaban J connectivity index is 1.90. The van der Waals surface area contributed by atoms with E-state index in [0.717, 1.165) is 11.7 Å². The van der Waals surface area contributed by atoms with Gasteiger partial charge in [0, 0.05) is 23.3 Å². The van der Waals surface area contributed by atoms with E-state index in [4.69, 9.17) is 4.98 Å². The summed E-state index contributed by atoms with van der Waals surface area (Å²) in [5, 5.41) is 4.46. The van der Waals surface area contributed by atoms with E-state index in [-0.39, 0.29) is 0 Å². The summed E-state index contributed by atoms with van der Waals surface area (Å²) in [6.45, 7) is 14.3. The first-order valence-corrected chi connectivity index (χ1v) is 15.1. The highest BCUT2D eigenvalue weighted by atomic mass is 28.3. The second-order valence-electron chi connectivity index (χ2n) is 11.0. The van der Waals surface area contributed by atoms with Gasteiger partial charge in [0.15, 0.2) is 19.9 Å². The zero-order chi connectivity index (χ0) is 24.6. The second kappa shape index (κ2) is 9.80. The number of pyridine rings is 1. The third-order valence-corrected chi connectivity index (χ3v) is 14.8. The van der Waals surface area contributed by atoms with E-state index >= 15 is 0 Å². The molecule has 1 N–H and O–H groups in total. The monoisotopic (exact) mass is 483 g/mol. The summed E-state index contributed by atoms with van der Waals surface area (Å²) < 4.78 is 29.8. The van der Waals surface area contributed by atoms with E-state index in [1.165, 1.54) is 49.1 Å². The largest absolute Gasteiger partial charge is 0.358 e. The van der Waals surface area contributed by atoms with Gasteiger partial charge in [0.05, 0.1) is 0 Å². The van der Waals surface area contributed by atoms with Crippen LogP contribution in [-0.2, 0) is 0 Å². The first-order chi connectivity index (χ1) is 16.2. The van der Waals surface area contributed by atoms with Crippen LogP contribution in [0, 0.1) is 11.6 Å². The summed E-state index contributed by atoms with van der Waals surface area (Å²) in [7, 11) is -2.03. The lowest BCUT2D eigenvalue weighted by atomic mass is 9.84. The first-order valence-electron chi connectivity index (χ1n) is 12.9. The predicted octanol–water partition coefficient (Wildman–Crippen LogP) is 9.13. The van der Waals surface area contributed by atoms with Gasteiger partial charge in [0.25, 0.3) is 0 Å². The number of nitrogens with zero attached hydrogens (tertiary/aromatic N) is 2. The molecular weight excluding hydrogens is 444 g/mol. The van der Waals surface area contributed by atoms with E-state index in [0.29, 0.717) is 34.0 Å². The molecule has 0 unspecified atom stereocenters. The molecule has 0 aliphatic heterocycles. The molecule has 184 valence electrons. The van der Waals surface area contributed by atoms with Gasteiger partial charge in [0.2, 0.25) is 0 Å². The van der Waals surface area contributed by atoms with Crippen molar-refractivity contribution in [1.29, 1.82) is 0 Å². The van der Waals surface area contributed by atoms with Gasteiger partial charge >= 0.3 is 0 Å². The molecule has 3 nitrogen and oxygen atoms in total. The summed E-state index contributed by atoms with van der Waals surface area (Å²) in [6, 6.07) is 8.04. The van der Waals surface area contributed by atoms with E-state index in [2.05, 4.69) is 63.4 Å². The van der Waals surface area contributed by atoms with Crippen molar-refractivity contribution in [3.8, 4) is 0 Å². The molecule has 0 spiro atoms. The fourth-order valence-electron chi connectivity index (χ4n) is 6.79. The van der Waals surface area contributed by atoms with Crippen molar-refractivity contribution in [3.63, 3.8) is 0 Å². The zero-order valence-corrected chi connectivity index (χ0v) is 22.5. The molecular formula is C28H39F2N3Si. The van der Waals surface area contributed by atoms with Crippen molar-refractivity contribution in [2.75, 3.05) is 5.32 Å². The van der Waals surface area contributed by atoms with Gasteiger partial charge in [-0.25, -0.2) is 13.8 Å². The number of anilines is 2. The van der Waals surface area contributed by atoms with Crippen LogP contribution in [0.15, 0.2) is 36.5 Å². The lowest BCUT2D eigenvalue weighted by Crippen LogP contribution is -2.51. The van der Waals surface area contributed by atoms with Crippen molar-refractivity contribution in [2.45, 2.75) is 96.2 Å². The highest BCUT2D eigenvalue weighted by molar-refractivity contribution is 6.82. The number of aromatic nitrogens is 2. The van der Waals surface area contributed by atoms with Crippen LogP contribution in [-0.4, -0.2) is 17.5 Å². The van der Waals surface area contributed by atoms with E-state index < -0.39 is 19.9 Å². The molecule has 0 amide bonds. The molecule has 6 heteroatoms. The topological polar surface area (TPSA) is 29.9 Å². The lowest BCUT2D eigenvalue weighted by Gasteiger charge is -2.44. The summed E-state index contributed by atoms with van der Waals surface area (Å²) in [6.07, 6.45) is 8.87. The molecule has 0 atom stereocenters. The summed E-state index contributed by atoms with van der Waals surface area (Å²) >= 11 is 0. The quantitative estimate of drug-likeness (QED) is 0.340. The van der Waals surface area contributed by atoms with Crippen LogP contribution < -0.4 is 5.32 Å². The molecule has 1 aromatic carbocycles. The van der Waals surface area contributed by atoms with Gasteiger partial charge < -0.3 is 9.55 Å².